The Balaban J connectivity index is 2.32. The number of carboxylic acid groups (broad SMARTS) is 1. The first-order chi connectivity index (χ1) is 8.58. The predicted octanol–water partition coefficient (Wildman–Crippen LogP) is 1.69. The van der Waals surface area contributed by atoms with Gasteiger partial charge in [-0.25, -0.2) is 0 Å². The number of furan rings is 1. The molecule has 1 heterocycles. The highest BCUT2D eigenvalue weighted by molar-refractivity contribution is 5.68. The molecule has 2 aromatic rings. The molecule has 0 N–H and O–H groups in total. The number of carboxylic acids is 1. The third-order valence-electron chi connectivity index (χ3n) is 2.65. The van der Waals surface area contributed by atoms with E-state index in [1.807, 2.05) is 32.0 Å². The summed E-state index contributed by atoms with van der Waals surface area (Å²) in [5.41, 5.74) is 3.76. The monoisotopic (exact) mass is 245 g/mol. The number of hydrogen-bond donors (Lipinski definition) is 0. The Bertz CT molecular complexity index is 532. The molecule has 18 heavy (non-hydrogen) atoms. The zero-order valence-corrected chi connectivity index (χ0v) is 10.2. The molecule has 1 aromatic heterocycles. The van der Waals surface area contributed by atoms with Gasteiger partial charge in [-0.15, -0.1) is 0 Å². The molecule has 0 atom stereocenters. The maximum Gasteiger partial charge on any atom is 0.128 e. The van der Waals surface area contributed by atoms with Crippen LogP contribution in [0.5, 0.6) is 5.75 Å². The van der Waals surface area contributed by atoms with Gasteiger partial charge in [-0.3, -0.25) is 0 Å². The lowest BCUT2D eigenvalue weighted by atomic mass is 10.0. The van der Waals surface area contributed by atoms with Gasteiger partial charge in [0.1, 0.15) is 12.4 Å². The van der Waals surface area contributed by atoms with Crippen LogP contribution < -0.4 is 9.84 Å². The number of aliphatic carboxylic acids is 1. The Morgan fingerprint density at radius 3 is 2.44 bits per heavy atom. The zero-order chi connectivity index (χ0) is 13.1. The molecule has 1 aromatic carbocycles. The van der Waals surface area contributed by atoms with Gasteiger partial charge < -0.3 is 19.1 Å². The summed E-state index contributed by atoms with van der Waals surface area (Å²) in [5, 5.41) is 10.4. The van der Waals surface area contributed by atoms with Crippen molar-refractivity contribution in [3.05, 3.63) is 41.9 Å². The van der Waals surface area contributed by atoms with Crippen LogP contribution in [0.25, 0.3) is 11.1 Å². The van der Waals surface area contributed by atoms with Crippen molar-refractivity contribution in [2.45, 2.75) is 13.8 Å². The van der Waals surface area contributed by atoms with E-state index < -0.39 is 12.6 Å². The van der Waals surface area contributed by atoms with Gasteiger partial charge >= 0.3 is 0 Å². The molecule has 0 fully saturated rings. The number of aryl methyl sites for hydroxylation is 2. The molecule has 0 aliphatic carbocycles. The molecular weight excluding hydrogens is 232 g/mol. The molecule has 0 unspecified atom stereocenters. The van der Waals surface area contributed by atoms with Crippen LogP contribution in [0.4, 0.5) is 0 Å². The van der Waals surface area contributed by atoms with Crippen molar-refractivity contribution in [3.8, 4) is 16.9 Å². The Hall–Kier alpha value is -2.23. The quantitative estimate of drug-likeness (QED) is 0.822. The van der Waals surface area contributed by atoms with E-state index in [4.69, 9.17) is 9.15 Å². The van der Waals surface area contributed by atoms with Crippen LogP contribution in [0.1, 0.15) is 11.1 Å². The number of carbonyl (C=O) groups is 1. The van der Waals surface area contributed by atoms with E-state index >= 15 is 0 Å². The van der Waals surface area contributed by atoms with E-state index in [0.717, 1.165) is 22.3 Å². The van der Waals surface area contributed by atoms with Crippen LogP contribution in [-0.2, 0) is 4.79 Å². The number of hydrogen-bond acceptors (Lipinski definition) is 4. The minimum Gasteiger partial charge on any atom is -0.546 e. The second-order valence-corrected chi connectivity index (χ2v) is 4.11. The lowest BCUT2D eigenvalue weighted by molar-refractivity contribution is -0.307. The van der Waals surface area contributed by atoms with Gasteiger partial charge in [0.2, 0.25) is 0 Å². The average Bonchev–Trinajstić information content (AvgIpc) is 2.80. The molecule has 0 aliphatic rings. The maximum absolute atomic E-state index is 10.4. The fraction of sp³-hybridized carbons (Fsp3) is 0.214. The lowest BCUT2D eigenvalue weighted by Crippen LogP contribution is -2.29. The van der Waals surface area contributed by atoms with Crippen molar-refractivity contribution in [2.24, 2.45) is 0 Å². The smallest absolute Gasteiger partial charge is 0.128 e. The summed E-state index contributed by atoms with van der Waals surface area (Å²) in [5.74, 6) is -0.640. The van der Waals surface area contributed by atoms with E-state index in [1.54, 1.807) is 12.5 Å². The zero-order valence-electron chi connectivity index (χ0n) is 10.2. The molecule has 94 valence electrons. The van der Waals surface area contributed by atoms with Crippen molar-refractivity contribution in [1.29, 1.82) is 0 Å². The molecule has 0 saturated carbocycles. The van der Waals surface area contributed by atoms with Crippen molar-refractivity contribution >= 4 is 5.97 Å². The van der Waals surface area contributed by atoms with Gasteiger partial charge in [0.05, 0.1) is 18.5 Å². The molecule has 0 aliphatic heterocycles. The Kier molecular flexibility index (Phi) is 3.37. The minimum absolute atomic E-state index is 0.438. The molecule has 2 rings (SSSR count). The lowest BCUT2D eigenvalue weighted by Gasteiger charge is -2.14. The van der Waals surface area contributed by atoms with Crippen LogP contribution in [0, 0.1) is 13.8 Å². The van der Waals surface area contributed by atoms with Crippen molar-refractivity contribution in [1.82, 2.24) is 0 Å². The van der Waals surface area contributed by atoms with E-state index in [9.17, 15) is 9.90 Å². The summed E-state index contributed by atoms with van der Waals surface area (Å²) in [6, 6.07) is 5.74. The molecule has 0 saturated heterocycles. The van der Waals surface area contributed by atoms with E-state index in [2.05, 4.69) is 0 Å². The molecule has 4 heteroatoms. The van der Waals surface area contributed by atoms with Gasteiger partial charge in [-0.1, -0.05) is 0 Å². The van der Waals surface area contributed by atoms with E-state index in [1.165, 1.54) is 0 Å². The molecule has 0 amide bonds. The highest BCUT2D eigenvalue weighted by atomic mass is 16.5. The maximum atomic E-state index is 10.4. The largest absolute Gasteiger partial charge is 0.546 e. The van der Waals surface area contributed by atoms with Gasteiger partial charge in [-0.05, 0) is 48.7 Å². The molecule has 0 radical (unpaired) electrons. The molecule has 4 nitrogen and oxygen atoms in total. The number of ether oxygens (including phenoxy) is 1. The van der Waals surface area contributed by atoms with Gasteiger partial charge in [-0.2, -0.15) is 0 Å². The molecule has 0 bridgehead atoms. The van der Waals surface area contributed by atoms with Crippen LogP contribution >= 0.6 is 0 Å². The van der Waals surface area contributed by atoms with Crippen molar-refractivity contribution in [2.75, 3.05) is 6.61 Å². The SMILES string of the molecule is Cc1cc(-c2ccoc2)cc(C)c1OCC(=O)[O-]. The Morgan fingerprint density at radius 2 is 1.94 bits per heavy atom. The second-order valence-electron chi connectivity index (χ2n) is 4.11. The summed E-state index contributed by atoms with van der Waals surface area (Å²) in [4.78, 5) is 10.4. The summed E-state index contributed by atoms with van der Waals surface area (Å²) >= 11 is 0. The van der Waals surface area contributed by atoms with Crippen molar-refractivity contribution < 1.29 is 19.1 Å². The second kappa shape index (κ2) is 4.96. The summed E-state index contributed by atoms with van der Waals surface area (Å²) in [6.45, 7) is 3.31. The summed E-state index contributed by atoms with van der Waals surface area (Å²) < 4.78 is 10.3. The molecule has 0 spiro atoms. The van der Waals surface area contributed by atoms with Crippen LogP contribution in [0.2, 0.25) is 0 Å². The first-order valence-corrected chi connectivity index (χ1v) is 5.54. The summed E-state index contributed by atoms with van der Waals surface area (Å²) in [6.07, 6.45) is 3.27. The first-order valence-electron chi connectivity index (χ1n) is 5.54. The van der Waals surface area contributed by atoms with Gasteiger partial charge in [0.25, 0.3) is 0 Å². The third-order valence-corrected chi connectivity index (χ3v) is 2.65. The first kappa shape index (κ1) is 12.2. The fourth-order valence-electron chi connectivity index (χ4n) is 1.90. The predicted molar refractivity (Wildman–Crippen MR) is 64.1 cm³/mol. The van der Waals surface area contributed by atoms with Crippen LogP contribution in [-0.4, -0.2) is 12.6 Å². The van der Waals surface area contributed by atoms with Gasteiger partial charge in [0.15, 0.2) is 0 Å². The standard InChI is InChI=1S/C14H14O4/c1-9-5-12(11-3-4-17-7-11)6-10(2)14(9)18-8-13(15)16/h3-7H,8H2,1-2H3,(H,15,16)/p-1. The molecular formula is C14H13O4-. The minimum atomic E-state index is -1.23. The summed E-state index contributed by atoms with van der Waals surface area (Å²) in [7, 11) is 0. The number of benzene rings is 1. The highest BCUT2D eigenvalue weighted by Gasteiger charge is 2.08. The van der Waals surface area contributed by atoms with Crippen LogP contribution in [0.15, 0.2) is 35.1 Å². The fourth-order valence-corrected chi connectivity index (χ4v) is 1.90. The van der Waals surface area contributed by atoms with E-state index in [0.29, 0.717) is 5.75 Å². The van der Waals surface area contributed by atoms with E-state index in [-0.39, 0.29) is 0 Å². The Morgan fingerprint density at radius 1 is 1.28 bits per heavy atom. The Labute approximate surface area is 105 Å². The number of carbonyl (C=O) groups excluding carboxylic acids is 1. The average molecular weight is 245 g/mol. The normalized spacial score (nSPS) is 10.3. The van der Waals surface area contributed by atoms with Crippen LogP contribution in [0.3, 0.4) is 0 Å². The number of rotatable bonds is 4. The van der Waals surface area contributed by atoms with Gasteiger partial charge in [0, 0.05) is 5.56 Å². The highest BCUT2D eigenvalue weighted by Crippen LogP contribution is 2.30. The van der Waals surface area contributed by atoms with Crippen molar-refractivity contribution in [3.63, 3.8) is 0 Å². The topological polar surface area (TPSA) is 62.5 Å². The third kappa shape index (κ3) is 2.53.